The first kappa shape index (κ1) is 19.5. The molecule has 2 aromatic carbocycles. The molecule has 1 amide bonds. The van der Waals surface area contributed by atoms with Crippen molar-refractivity contribution in [1.82, 2.24) is 5.32 Å². The molecule has 0 bridgehead atoms. The van der Waals surface area contributed by atoms with Crippen LogP contribution >= 0.6 is 0 Å². The number of rotatable bonds is 5. The summed E-state index contributed by atoms with van der Waals surface area (Å²) in [5.74, 6) is 0.913. The Balaban J connectivity index is 1.57. The third kappa shape index (κ3) is 5.12. The second kappa shape index (κ2) is 8.60. The Morgan fingerprint density at radius 1 is 1.11 bits per heavy atom. The van der Waals surface area contributed by atoms with E-state index < -0.39 is 0 Å². The first-order valence-corrected chi connectivity index (χ1v) is 10.1. The molecule has 3 heteroatoms. The number of nitrogens with zero attached hydrogens (tertiary/aromatic N) is 1. The highest BCUT2D eigenvalue weighted by molar-refractivity contribution is 5.79. The number of hydrogen-bond donors (Lipinski definition) is 1. The van der Waals surface area contributed by atoms with Gasteiger partial charge in [-0.15, -0.1) is 0 Å². The molecule has 1 N–H and O–H groups in total. The maximum Gasteiger partial charge on any atom is 0.224 e. The van der Waals surface area contributed by atoms with Crippen molar-refractivity contribution in [2.24, 2.45) is 5.92 Å². The van der Waals surface area contributed by atoms with E-state index in [0.29, 0.717) is 6.42 Å². The quantitative estimate of drug-likeness (QED) is 0.813. The van der Waals surface area contributed by atoms with Crippen LogP contribution in [0.1, 0.15) is 55.0 Å². The summed E-state index contributed by atoms with van der Waals surface area (Å²) >= 11 is 0. The van der Waals surface area contributed by atoms with Gasteiger partial charge in [0.2, 0.25) is 5.91 Å². The van der Waals surface area contributed by atoms with Crippen molar-refractivity contribution in [3.63, 3.8) is 0 Å². The minimum Gasteiger partial charge on any atom is -0.372 e. The molecule has 1 aliphatic heterocycles. The Kier molecular flexibility index (Phi) is 6.20. The van der Waals surface area contributed by atoms with Gasteiger partial charge in [-0.3, -0.25) is 4.79 Å². The fraction of sp³-hybridized carbons (Fsp3) is 0.458. The van der Waals surface area contributed by atoms with Crippen molar-refractivity contribution >= 4 is 11.6 Å². The van der Waals surface area contributed by atoms with E-state index in [1.807, 2.05) is 0 Å². The number of nitrogens with one attached hydrogen (secondary N) is 1. The molecular formula is C24H32N2O. The Morgan fingerprint density at radius 2 is 1.78 bits per heavy atom. The zero-order valence-electron chi connectivity index (χ0n) is 17.1. The second-order valence-corrected chi connectivity index (χ2v) is 8.16. The maximum atomic E-state index is 12.5. The SMILES string of the molecule is Cc1ccc(CC(=O)N[C@@H](C)c2ccc(N3CCC(C)CC3)cc2)c(C)c1. The molecule has 0 aromatic heterocycles. The molecule has 0 spiro atoms. The molecule has 0 radical (unpaired) electrons. The van der Waals surface area contributed by atoms with Gasteiger partial charge in [-0.25, -0.2) is 0 Å². The van der Waals surface area contributed by atoms with Gasteiger partial charge in [-0.2, -0.15) is 0 Å². The lowest BCUT2D eigenvalue weighted by Gasteiger charge is -2.32. The third-order valence-electron chi connectivity index (χ3n) is 5.77. The van der Waals surface area contributed by atoms with Gasteiger partial charge in [0.25, 0.3) is 0 Å². The summed E-state index contributed by atoms with van der Waals surface area (Å²) < 4.78 is 0. The highest BCUT2D eigenvalue weighted by Gasteiger charge is 2.17. The molecule has 3 rings (SSSR count). The number of hydrogen-bond acceptors (Lipinski definition) is 2. The fourth-order valence-electron chi connectivity index (χ4n) is 3.83. The van der Waals surface area contributed by atoms with Gasteiger partial charge in [0.1, 0.15) is 0 Å². The first-order chi connectivity index (χ1) is 12.9. The maximum absolute atomic E-state index is 12.5. The number of carbonyl (C=O) groups excluding carboxylic acids is 1. The van der Waals surface area contributed by atoms with E-state index in [2.05, 4.69) is 80.4 Å². The van der Waals surface area contributed by atoms with Crippen LogP contribution in [0, 0.1) is 19.8 Å². The van der Waals surface area contributed by atoms with Crippen LogP contribution in [0.25, 0.3) is 0 Å². The zero-order valence-corrected chi connectivity index (χ0v) is 17.1. The van der Waals surface area contributed by atoms with E-state index in [4.69, 9.17) is 0 Å². The molecule has 3 nitrogen and oxygen atoms in total. The average molecular weight is 365 g/mol. The summed E-state index contributed by atoms with van der Waals surface area (Å²) in [6.45, 7) is 10.8. The Labute approximate surface area is 163 Å². The van der Waals surface area contributed by atoms with E-state index in [9.17, 15) is 4.79 Å². The molecule has 0 aliphatic carbocycles. The van der Waals surface area contributed by atoms with Crippen molar-refractivity contribution in [2.45, 2.75) is 53.0 Å². The molecule has 1 atom stereocenters. The standard InChI is InChI=1S/C24H32N2O/c1-17-11-13-26(14-12-17)23-9-7-21(8-10-23)20(4)25-24(27)16-22-6-5-18(2)15-19(22)3/h5-10,15,17,20H,11-14,16H2,1-4H3,(H,25,27)/t20-/m0/s1. The van der Waals surface area contributed by atoms with Gasteiger partial charge in [0.15, 0.2) is 0 Å². The topological polar surface area (TPSA) is 32.3 Å². The molecule has 1 saturated heterocycles. The van der Waals surface area contributed by atoms with Gasteiger partial charge in [-0.05, 0) is 68.4 Å². The van der Waals surface area contributed by atoms with Gasteiger partial charge in [0, 0.05) is 18.8 Å². The van der Waals surface area contributed by atoms with Crippen molar-refractivity contribution in [3.05, 3.63) is 64.7 Å². The largest absolute Gasteiger partial charge is 0.372 e. The monoisotopic (exact) mass is 364 g/mol. The molecule has 0 saturated carbocycles. The summed E-state index contributed by atoms with van der Waals surface area (Å²) in [5.41, 5.74) is 5.95. The van der Waals surface area contributed by atoms with E-state index in [1.54, 1.807) is 0 Å². The summed E-state index contributed by atoms with van der Waals surface area (Å²) in [6, 6.07) is 15.0. The van der Waals surface area contributed by atoms with Crippen LogP contribution < -0.4 is 10.2 Å². The van der Waals surface area contributed by atoms with E-state index in [1.165, 1.54) is 29.7 Å². The summed E-state index contributed by atoms with van der Waals surface area (Å²) in [7, 11) is 0. The smallest absolute Gasteiger partial charge is 0.224 e. The molecule has 2 aromatic rings. The average Bonchev–Trinajstić information content (AvgIpc) is 2.65. The van der Waals surface area contributed by atoms with E-state index in [0.717, 1.165) is 30.1 Å². The minimum atomic E-state index is 0.0127. The number of benzene rings is 2. The highest BCUT2D eigenvalue weighted by Crippen LogP contribution is 2.24. The van der Waals surface area contributed by atoms with Gasteiger partial charge < -0.3 is 10.2 Å². The van der Waals surface area contributed by atoms with Crippen LogP contribution in [-0.4, -0.2) is 19.0 Å². The van der Waals surface area contributed by atoms with Crippen LogP contribution in [-0.2, 0) is 11.2 Å². The van der Waals surface area contributed by atoms with Crippen LogP contribution in [0.5, 0.6) is 0 Å². The molecule has 144 valence electrons. The number of carbonyl (C=O) groups is 1. The third-order valence-corrected chi connectivity index (χ3v) is 5.77. The van der Waals surface area contributed by atoms with Gasteiger partial charge in [0.05, 0.1) is 12.5 Å². The Hall–Kier alpha value is -2.29. The normalized spacial score (nSPS) is 16.2. The number of piperidine rings is 1. The molecule has 1 heterocycles. The minimum absolute atomic E-state index is 0.0127. The number of aryl methyl sites for hydroxylation is 2. The van der Waals surface area contributed by atoms with Crippen molar-refractivity contribution in [3.8, 4) is 0 Å². The lowest BCUT2D eigenvalue weighted by molar-refractivity contribution is -0.121. The summed E-state index contributed by atoms with van der Waals surface area (Å²) in [6.07, 6.45) is 2.97. The number of amides is 1. The fourth-order valence-corrected chi connectivity index (χ4v) is 3.83. The van der Waals surface area contributed by atoms with Crippen molar-refractivity contribution < 1.29 is 4.79 Å². The molecule has 1 aliphatic rings. The first-order valence-electron chi connectivity index (χ1n) is 10.1. The predicted octanol–water partition coefficient (Wildman–Crippen LogP) is 4.96. The Bertz CT molecular complexity index is 773. The predicted molar refractivity (Wildman–Crippen MR) is 113 cm³/mol. The molecule has 1 fully saturated rings. The molecule has 27 heavy (non-hydrogen) atoms. The lowest BCUT2D eigenvalue weighted by Crippen LogP contribution is -2.32. The van der Waals surface area contributed by atoms with Gasteiger partial charge >= 0.3 is 0 Å². The van der Waals surface area contributed by atoms with E-state index in [-0.39, 0.29) is 11.9 Å². The van der Waals surface area contributed by atoms with Crippen molar-refractivity contribution in [2.75, 3.05) is 18.0 Å². The van der Waals surface area contributed by atoms with Crippen LogP contribution in [0.3, 0.4) is 0 Å². The lowest BCUT2D eigenvalue weighted by atomic mass is 9.98. The number of anilines is 1. The van der Waals surface area contributed by atoms with Crippen LogP contribution in [0.15, 0.2) is 42.5 Å². The van der Waals surface area contributed by atoms with Crippen molar-refractivity contribution in [1.29, 1.82) is 0 Å². The Morgan fingerprint density at radius 3 is 2.41 bits per heavy atom. The second-order valence-electron chi connectivity index (χ2n) is 8.16. The van der Waals surface area contributed by atoms with Crippen LogP contribution in [0.4, 0.5) is 5.69 Å². The van der Waals surface area contributed by atoms with Crippen LogP contribution in [0.2, 0.25) is 0 Å². The van der Waals surface area contributed by atoms with E-state index >= 15 is 0 Å². The molecular weight excluding hydrogens is 332 g/mol. The zero-order chi connectivity index (χ0) is 19.4. The highest BCUT2D eigenvalue weighted by atomic mass is 16.1. The van der Waals surface area contributed by atoms with Gasteiger partial charge in [-0.1, -0.05) is 42.8 Å². The summed E-state index contributed by atoms with van der Waals surface area (Å²) in [5, 5.41) is 3.14. The summed E-state index contributed by atoms with van der Waals surface area (Å²) in [4.78, 5) is 14.9. The molecule has 0 unspecified atom stereocenters.